The highest BCUT2D eigenvalue weighted by Gasteiger charge is 2.20. The summed E-state index contributed by atoms with van der Waals surface area (Å²) >= 11 is 5.75. The molecule has 2 aromatic rings. The summed E-state index contributed by atoms with van der Waals surface area (Å²) in [6.07, 6.45) is -2.61. The molecule has 2 aromatic carbocycles. The Labute approximate surface area is 153 Å². The first kappa shape index (κ1) is 19.7. The highest BCUT2D eigenvalue weighted by atomic mass is 35.5. The zero-order valence-electron chi connectivity index (χ0n) is 14.0. The predicted octanol–water partition coefficient (Wildman–Crippen LogP) is 4.66. The molecule has 2 rings (SSSR count). The van der Waals surface area contributed by atoms with E-state index in [0.717, 1.165) is 0 Å². The first-order chi connectivity index (χ1) is 12.2. The van der Waals surface area contributed by atoms with Crippen molar-refractivity contribution in [3.63, 3.8) is 0 Å². The number of alkyl halides is 2. The number of hydrogen-bond acceptors (Lipinski definition) is 4. The van der Waals surface area contributed by atoms with Gasteiger partial charge in [0.05, 0.1) is 34.2 Å². The molecule has 0 heterocycles. The lowest BCUT2D eigenvalue weighted by Gasteiger charge is -2.23. The maximum atomic E-state index is 13.3. The van der Waals surface area contributed by atoms with E-state index < -0.39 is 24.8 Å². The fourth-order valence-electron chi connectivity index (χ4n) is 2.42. The topological polar surface area (TPSA) is 64.6 Å². The molecule has 0 aliphatic rings. The van der Waals surface area contributed by atoms with Crippen molar-refractivity contribution < 1.29 is 23.1 Å². The number of nitrogens with zero attached hydrogens (tertiary/aromatic N) is 1. The average molecular weight is 388 g/mol. The minimum atomic E-state index is -2.61. The number of anilines is 4. The van der Waals surface area contributed by atoms with E-state index in [2.05, 4.69) is 10.6 Å². The third-order valence-electron chi connectivity index (χ3n) is 3.66. The molecule has 0 unspecified atom stereocenters. The van der Waals surface area contributed by atoms with Crippen LogP contribution in [0.4, 0.5) is 35.9 Å². The number of benzene rings is 2. The van der Waals surface area contributed by atoms with Crippen LogP contribution in [0, 0.1) is 5.82 Å². The van der Waals surface area contributed by atoms with E-state index in [-0.39, 0.29) is 16.3 Å². The Morgan fingerprint density at radius 1 is 1.27 bits per heavy atom. The second-order valence-electron chi connectivity index (χ2n) is 5.50. The number of nitrogens with one attached hydrogen (secondary N) is 2. The van der Waals surface area contributed by atoms with Gasteiger partial charge in [0, 0.05) is 19.8 Å². The molecule has 140 valence electrons. The SMILES string of the molecule is CNc1cc(N(C)CC(F)F)c(C(=O)O)cc1Nc1ccc(F)c(Cl)c1. The van der Waals surface area contributed by atoms with Crippen molar-refractivity contribution in [1.82, 2.24) is 0 Å². The van der Waals surface area contributed by atoms with Crippen molar-refractivity contribution in [3.8, 4) is 0 Å². The number of carboxylic acids is 1. The second-order valence-corrected chi connectivity index (χ2v) is 5.90. The standard InChI is InChI=1S/C17H17ClF3N3O2/c1-22-13-7-15(24(2)8-16(20)21)10(17(25)26)6-14(13)23-9-3-4-12(19)11(18)5-9/h3-7,16,22-23H,8H2,1-2H3,(H,25,26). The van der Waals surface area contributed by atoms with Crippen LogP contribution in [0.5, 0.6) is 0 Å². The van der Waals surface area contributed by atoms with Gasteiger partial charge in [-0.2, -0.15) is 0 Å². The summed E-state index contributed by atoms with van der Waals surface area (Å²) < 4.78 is 38.6. The normalized spacial score (nSPS) is 10.7. The van der Waals surface area contributed by atoms with Crippen LogP contribution in [0.25, 0.3) is 0 Å². The van der Waals surface area contributed by atoms with Gasteiger partial charge in [0.15, 0.2) is 0 Å². The summed E-state index contributed by atoms with van der Waals surface area (Å²) in [4.78, 5) is 12.8. The van der Waals surface area contributed by atoms with Crippen molar-refractivity contribution in [1.29, 1.82) is 0 Å². The summed E-state index contributed by atoms with van der Waals surface area (Å²) in [6, 6.07) is 6.75. The Morgan fingerprint density at radius 2 is 1.96 bits per heavy atom. The van der Waals surface area contributed by atoms with Crippen LogP contribution in [-0.2, 0) is 0 Å². The van der Waals surface area contributed by atoms with Crippen LogP contribution in [0.2, 0.25) is 5.02 Å². The predicted molar refractivity (Wildman–Crippen MR) is 96.9 cm³/mol. The van der Waals surface area contributed by atoms with Crippen molar-refractivity contribution in [3.05, 3.63) is 46.7 Å². The van der Waals surface area contributed by atoms with Gasteiger partial charge in [0.1, 0.15) is 5.82 Å². The summed E-state index contributed by atoms with van der Waals surface area (Å²) in [6.45, 7) is -0.607. The van der Waals surface area contributed by atoms with Crippen molar-refractivity contribution in [2.75, 3.05) is 36.2 Å². The van der Waals surface area contributed by atoms with E-state index in [9.17, 15) is 23.1 Å². The zero-order chi connectivity index (χ0) is 19.4. The average Bonchev–Trinajstić information content (AvgIpc) is 2.57. The molecule has 0 aliphatic carbocycles. The highest BCUT2D eigenvalue weighted by Crippen LogP contribution is 2.34. The first-order valence-electron chi connectivity index (χ1n) is 7.53. The molecule has 0 radical (unpaired) electrons. The van der Waals surface area contributed by atoms with E-state index in [0.29, 0.717) is 17.1 Å². The van der Waals surface area contributed by atoms with Gasteiger partial charge in [-0.15, -0.1) is 0 Å². The van der Waals surface area contributed by atoms with Gasteiger partial charge >= 0.3 is 5.97 Å². The number of carboxylic acid groups (broad SMARTS) is 1. The molecule has 26 heavy (non-hydrogen) atoms. The highest BCUT2D eigenvalue weighted by molar-refractivity contribution is 6.31. The van der Waals surface area contributed by atoms with E-state index in [1.165, 1.54) is 42.3 Å². The minimum Gasteiger partial charge on any atom is -0.478 e. The molecule has 9 heteroatoms. The van der Waals surface area contributed by atoms with E-state index >= 15 is 0 Å². The van der Waals surface area contributed by atoms with Crippen LogP contribution in [0.1, 0.15) is 10.4 Å². The number of halogens is 4. The summed E-state index contributed by atoms with van der Waals surface area (Å²) in [5.74, 6) is -1.84. The molecule has 0 aliphatic heterocycles. The lowest BCUT2D eigenvalue weighted by Crippen LogP contribution is -2.26. The Morgan fingerprint density at radius 3 is 2.50 bits per heavy atom. The molecule has 0 bridgehead atoms. The van der Waals surface area contributed by atoms with Crippen molar-refractivity contribution in [2.24, 2.45) is 0 Å². The zero-order valence-corrected chi connectivity index (χ0v) is 14.7. The second kappa shape index (κ2) is 8.18. The lowest BCUT2D eigenvalue weighted by atomic mass is 10.1. The summed E-state index contributed by atoms with van der Waals surface area (Å²) in [7, 11) is 3.00. The quantitative estimate of drug-likeness (QED) is 0.644. The van der Waals surface area contributed by atoms with Gasteiger partial charge in [-0.1, -0.05) is 11.6 Å². The van der Waals surface area contributed by atoms with Crippen LogP contribution < -0.4 is 15.5 Å². The third kappa shape index (κ3) is 4.51. The maximum absolute atomic E-state index is 13.3. The lowest BCUT2D eigenvalue weighted by molar-refractivity contribution is 0.0697. The molecular formula is C17H17ClF3N3O2. The molecule has 0 atom stereocenters. The Kier molecular flexibility index (Phi) is 6.20. The van der Waals surface area contributed by atoms with Gasteiger partial charge < -0.3 is 20.6 Å². The molecule has 0 fully saturated rings. The number of hydrogen-bond donors (Lipinski definition) is 3. The largest absolute Gasteiger partial charge is 0.478 e. The molecule has 0 saturated carbocycles. The van der Waals surface area contributed by atoms with Crippen LogP contribution in [0.3, 0.4) is 0 Å². The fraction of sp³-hybridized carbons (Fsp3) is 0.235. The van der Waals surface area contributed by atoms with E-state index in [1.54, 1.807) is 7.05 Å². The van der Waals surface area contributed by atoms with Gasteiger partial charge in [-0.05, 0) is 30.3 Å². The molecule has 0 spiro atoms. The van der Waals surface area contributed by atoms with Gasteiger partial charge in [-0.25, -0.2) is 18.0 Å². The summed E-state index contributed by atoms with van der Waals surface area (Å²) in [5, 5.41) is 15.2. The van der Waals surface area contributed by atoms with Crippen molar-refractivity contribution in [2.45, 2.75) is 6.43 Å². The molecule has 0 aromatic heterocycles. The Hall–Kier alpha value is -2.61. The monoisotopic (exact) mass is 387 g/mol. The van der Waals surface area contributed by atoms with Crippen molar-refractivity contribution >= 4 is 40.3 Å². The van der Waals surface area contributed by atoms with E-state index in [4.69, 9.17) is 11.6 Å². The fourth-order valence-corrected chi connectivity index (χ4v) is 2.60. The minimum absolute atomic E-state index is 0.0900. The third-order valence-corrected chi connectivity index (χ3v) is 3.95. The van der Waals surface area contributed by atoms with Gasteiger partial charge in [0.25, 0.3) is 6.43 Å². The number of carbonyl (C=O) groups is 1. The summed E-state index contributed by atoms with van der Waals surface area (Å²) in [5.41, 5.74) is 1.29. The van der Waals surface area contributed by atoms with Crippen LogP contribution in [0.15, 0.2) is 30.3 Å². The maximum Gasteiger partial charge on any atom is 0.337 e. The van der Waals surface area contributed by atoms with Crippen LogP contribution >= 0.6 is 11.6 Å². The molecular weight excluding hydrogens is 371 g/mol. The van der Waals surface area contributed by atoms with Gasteiger partial charge in [0.2, 0.25) is 0 Å². The molecule has 3 N–H and O–H groups in total. The smallest absolute Gasteiger partial charge is 0.337 e. The van der Waals surface area contributed by atoms with Gasteiger partial charge in [-0.3, -0.25) is 0 Å². The molecule has 0 amide bonds. The Balaban J connectivity index is 2.47. The first-order valence-corrected chi connectivity index (χ1v) is 7.91. The molecule has 0 saturated heterocycles. The van der Waals surface area contributed by atoms with Crippen LogP contribution in [-0.4, -0.2) is 38.1 Å². The number of aromatic carboxylic acids is 1. The Bertz CT molecular complexity index is 818. The number of rotatable bonds is 7. The molecule has 5 nitrogen and oxygen atoms in total. The van der Waals surface area contributed by atoms with E-state index in [1.807, 2.05) is 0 Å².